The summed E-state index contributed by atoms with van der Waals surface area (Å²) in [6.45, 7) is 5.86. The lowest BCUT2D eigenvalue weighted by Crippen LogP contribution is -2.30. The van der Waals surface area contributed by atoms with E-state index < -0.39 is 0 Å². The van der Waals surface area contributed by atoms with Crippen LogP contribution < -0.4 is 10.6 Å². The summed E-state index contributed by atoms with van der Waals surface area (Å²) in [5.74, 6) is 2.01. The molecule has 76 valence electrons. The molecule has 2 atom stereocenters. The molecule has 2 heteroatoms. The molecule has 0 aromatic carbocycles. The van der Waals surface area contributed by atoms with Crippen LogP contribution >= 0.6 is 0 Å². The third-order valence-electron chi connectivity index (χ3n) is 3.29. The Kier molecular flexibility index (Phi) is 3.23. The van der Waals surface area contributed by atoms with Gasteiger partial charge in [-0.15, -0.1) is 0 Å². The molecule has 13 heavy (non-hydrogen) atoms. The second kappa shape index (κ2) is 4.43. The Labute approximate surface area is 81.5 Å². The maximum Gasteiger partial charge on any atom is 0.00995 e. The minimum absolute atomic E-state index is 0.854. The van der Waals surface area contributed by atoms with Crippen LogP contribution in [0.25, 0.3) is 0 Å². The second-order valence-electron chi connectivity index (χ2n) is 4.61. The Morgan fingerprint density at radius 3 is 2.69 bits per heavy atom. The highest BCUT2D eigenvalue weighted by atomic mass is 15.0. The molecule has 2 rings (SSSR count). The predicted molar refractivity (Wildman–Crippen MR) is 55.8 cm³/mol. The van der Waals surface area contributed by atoms with Gasteiger partial charge in [0.1, 0.15) is 0 Å². The Morgan fingerprint density at radius 2 is 2.08 bits per heavy atom. The zero-order chi connectivity index (χ0) is 9.10. The topological polar surface area (TPSA) is 24.1 Å². The molecule has 0 heterocycles. The summed E-state index contributed by atoms with van der Waals surface area (Å²) in [5.41, 5.74) is 0. The summed E-state index contributed by atoms with van der Waals surface area (Å²) in [6, 6.07) is 0.854. The van der Waals surface area contributed by atoms with Crippen LogP contribution in [0.5, 0.6) is 0 Å². The Balaban J connectivity index is 1.37. The largest absolute Gasteiger partial charge is 0.315 e. The molecule has 0 aliphatic heterocycles. The van der Waals surface area contributed by atoms with Crippen LogP contribution in [0.2, 0.25) is 0 Å². The monoisotopic (exact) mass is 182 g/mol. The van der Waals surface area contributed by atoms with Crippen LogP contribution in [-0.2, 0) is 0 Å². The second-order valence-corrected chi connectivity index (χ2v) is 4.61. The fourth-order valence-corrected chi connectivity index (χ4v) is 1.92. The van der Waals surface area contributed by atoms with Gasteiger partial charge in [-0.3, -0.25) is 0 Å². The molecule has 0 bridgehead atoms. The number of nitrogens with one attached hydrogen (secondary N) is 2. The van der Waals surface area contributed by atoms with Crippen molar-refractivity contribution in [1.29, 1.82) is 0 Å². The van der Waals surface area contributed by atoms with Crippen molar-refractivity contribution in [2.24, 2.45) is 11.8 Å². The summed E-state index contributed by atoms with van der Waals surface area (Å²) >= 11 is 0. The van der Waals surface area contributed by atoms with Crippen molar-refractivity contribution in [3.05, 3.63) is 0 Å². The summed E-state index contributed by atoms with van der Waals surface area (Å²) in [7, 11) is 0. The van der Waals surface area contributed by atoms with Gasteiger partial charge in [-0.1, -0.05) is 13.3 Å². The van der Waals surface area contributed by atoms with Gasteiger partial charge in [-0.05, 0) is 37.6 Å². The summed E-state index contributed by atoms with van der Waals surface area (Å²) in [6.07, 6.45) is 5.69. The van der Waals surface area contributed by atoms with Crippen LogP contribution in [0.1, 0.15) is 32.6 Å². The van der Waals surface area contributed by atoms with E-state index in [1.165, 1.54) is 32.2 Å². The first-order chi connectivity index (χ1) is 6.40. The molecular weight excluding hydrogens is 160 g/mol. The molecule has 2 nitrogen and oxygen atoms in total. The fraction of sp³-hybridized carbons (Fsp3) is 1.00. The molecule has 2 fully saturated rings. The maximum absolute atomic E-state index is 3.59. The van der Waals surface area contributed by atoms with Gasteiger partial charge in [0.15, 0.2) is 0 Å². The van der Waals surface area contributed by atoms with E-state index in [1.54, 1.807) is 0 Å². The smallest absolute Gasteiger partial charge is 0.00995 e. The Morgan fingerprint density at radius 1 is 1.23 bits per heavy atom. The molecule has 2 unspecified atom stereocenters. The minimum Gasteiger partial charge on any atom is -0.315 e. The molecule has 2 aliphatic rings. The standard InChI is InChI=1S/C11H22N2/c1-2-10-7-11(10)13-6-5-12-8-9-3-4-9/h9-13H,2-8H2,1H3. The van der Waals surface area contributed by atoms with Gasteiger partial charge in [0.25, 0.3) is 0 Å². The fourth-order valence-electron chi connectivity index (χ4n) is 1.92. The lowest BCUT2D eigenvalue weighted by atomic mass is 10.3. The molecular formula is C11H22N2. The first-order valence-corrected chi connectivity index (χ1v) is 5.84. The highest BCUT2D eigenvalue weighted by Crippen LogP contribution is 2.32. The van der Waals surface area contributed by atoms with Crippen LogP contribution in [0.3, 0.4) is 0 Å². The molecule has 2 saturated carbocycles. The third-order valence-corrected chi connectivity index (χ3v) is 3.29. The van der Waals surface area contributed by atoms with E-state index in [2.05, 4.69) is 17.6 Å². The van der Waals surface area contributed by atoms with E-state index in [4.69, 9.17) is 0 Å². The van der Waals surface area contributed by atoms with Gasteiger partial charge in [0.05, 0.1) is 0 Å². The van der Waals surface area contributed by atoms with Crippen LogP contribution in [-0.4, -0.2) is 25.7 Å². The number of hydrogen-bond donors (Lipinski definition) is 2. The van der Waals surface area contributed by atoms with Crippen molar-refractivity contribution in [1.82, 2.24) is 10.6 Å². The molecule has 2 aliphatic carbocycles. The molecule has 0 amide bonds. The first-order valence-electron chi connectivity index (χ1n) is 5.84. The van der Waals surface area contributed by atoms with Crippen molar-refractivity contribution in [2.45, 2.75) is 38.6 Å². The normalized spacial score (nSPS) is 32.1. The van der Waals surface area contributed by atoms with Crippen LogP contribution in [0, 0.1) is 11.8 Å². The van der Waals surface area contributed by atoms with Crippen molar-refractivity contribution >= 4 is 0 Å². The number of hydrogen-bond acceptors (Lipinski definition) is 2. The van der Waals surface area contributed by atoms with Gasteiger partial charge in [0.2, 0.25) is 0 Å². The van der Waals surface area contributed by atoms with Gasteiger partial charge < -0.3 is 10.6 Å². The first kappa shape index (κ1) is 9.47. The highest BCUT2D eigenvalue weighted by molar-refractivity contribution is 4.91. The van der Waals surface area contributed by atoms with Gasteiger partial charge in [-0.25, -0.2) is 0 Å². The summed E-state index contributed by atoms with van der Waals surface area (Å²) in [5, 5.41) is 7.09. The summed E-state index contributed by atoms with van der Waals surface area (Å²) < 4.78 is 0. The Hall–Kier alpha value is -0.0800. The van der Waals surface area contributed by atoms with E-state index in [0.29, 0.717) is 0 Å². The highest BCUT2D eigenvalue weighted by Gasteiger charge is 2.34. The molecule has 0 saturated heterocycles. The molecule has 0 aromatic heterocycles. The molecule has 0 aromatic rings. The number of rotatable bonds is 7. The van der Waals surface area contributed by atoms with Crippen molar-refractivity contribution in [3.8, 4) is 0 Å². The maximum atomic E-state index is 3.59. The zero-order valence-electron chi connectivity index (χ0n) is 8.68. The van der Waals surface area contributed by atoms with E-state index in [0.717, 1.165) is 31.0 Å². The van der Waals surface area contributed by atoms with Crippen molar-refractivity contribution < 1.29 is 0 Å². The lowest BCUT2D eigenvalue weighted by Gasteiger charge is -2.04. The van der Waals surface area contributed by atoms with E-state index >= 15 is 0 Å². The molecule has 2 N–H and O–H groups in total. The predicted octanol–water partition coefficient (Wildman–Crippen LogP) is 1.37. The van der Waals surface area contributed by atoms with Crippen molar-refractivity contribution in [2.75, 3.05) is 19.6 Å². The van der Waals surface area contributed by atoms with E-state index in [9.17, 15) is 0 Å². The molecule has 0 spiro atoms. The van der Waals surface area contributed by atoms with Crippen LogP contribution in [0.15, 0.2) is 0 Å². The Bertz CT molecular complexity index is 154. The van der Waals surface area contributed by atoms with Crippen molar-refractivity contribution in [3.63, 3.8) is 0 Å². The van der Waals surface area contributed by atoms with Gasteiger partial charge in [0, 0.05) is 19.1 Å². The summed E-state index contributed by atoms with van der Waals surface area (Å²) in [4.78, 5) is 0. The molecule has 0 radical (unpaired) electrons. The SMILES string of the molecule is CCC1CC1NCCNCC1CC1. The third kappa shape index (κ3) is 3.28. The van der Waals surface area contributed by atoms with Crippen LogP contribution in [0.4, 0.5) is 0 Å². The minimum atomic E-state index is 0.854. The average molecular weight is 182 g/mol. The lowest BCUT2D eigenvalue weighted by molar-refractivity contribution is 0.568. The quantitative estimate of drug-likeness (QED) is 0.581. The van der Waals surface area contributed by atoms with Gasteiger partial charge >= 0.3 is 0 Å². The van der Waals surface area contributed by atoms with E-state index in [-0.39, 0.29) is 0 Å². The van der Waals surface area contributed by atoms with Gasteiger partial charge in [-0.2, -0.15) is 0 Å². The zero-order valence-corrected chi connectivity index (χ0v) is 8.68. The average Bonchev–Trinajstić information content (AvgIpc) is 2.99. The van der Waals surface area contributed by atoms with E-state index in [1.807, 2.05) is 0 Å².